The second-order valence-electron chi connectivity index (χ2n) is 4.37. The van der Waals surface area contributed by atoms with Crippen LogP contribution in [-0.4, -0.2) is 49.2 Å². The summed E-state index contributed by atoms with van der Waals surface area (Å²) in [7, 11) is 3.04. The Morgan fingerprint density at radius 3 is 3.11 bits per heavy atom. The number of likely N-dealkylation sites (N-methyl/N-ethyl adjacent to an activating group) is 1. The first-order valence-electron chi connectivity index (χ1n) is 5.87. The molecule has 2 aliphatic rings. The average Bonchev–Trinajstić information content (AvgIpc) is 2.49. The van der Waals surface area contributed by atoms with Crippen molar-refractivity contribution in [3.8, 4) is 0 Å². The summed E-state index contributed by atoms with van der Waals surface area (Å²) in [4.78, 5) is 29.4. The Morgan fingerprint density at radius 1 is 1.61 bits per heavy atom. The number of ether oxygens (including phenoxy) is 1. The van der Waals surface area contributed by atoms with Crippen LogP contribution in [0.25, 0.3) is 0 Å². The Balaban J connectivity index is 2.28. The topological polar surface area (TPSA) is 59.0 Å². The molecule has 1 amide bonds. The van der Waals surface area contributed by atoms with Crippen LogP contribution in [0.2, 0.25) is 0 Å². The van der Waals surface area contributed by atoms with Gasteiger partial charge in [0.1, 0.15) is 6.04 Å². The van der Waals surface area contributed by atoms with Crippen molar-refractivity contribution < 1.29 is 14.3 Å². The monoisotopic (exact) mass is 248 g/mol. The molecule has 5 nitrogen and oxygen atoms in total. The molecule has 1 aliphatic heterocycles. The Morgan fingerprint density at radius 2 is 2.39 bits per heavy atom. The maximum Gasteiger partial charge on any atom is 0.308 e. The van der Waals surface area contributed by atoms with Gasteiger partial charge in [-0.2, -0.15) is 0 Å². The molecule has 1 heterocycles. The van der Waals surface area contributed by atoms with Crippen LogP contribution in [0.15, 0.2) is 28.8 Å². The van der Waals surface area contributed by atoms with Crippen molar-refractivity contribution in [3.63, 3.8) is 0 Å². The van der Waals surface area contributed by atoms with E-state index in [1.807, 2.05) is 12.2 Å². The van der Waals surface area contributed by atoms with Crippen LogP contribution < -0.4 is 0 Å². The number of allylic oxidation sites excluding steroid dienone is 3. The molecule has 2 rings (SSSR count). The molecular formula is C13H16N2O3. The van der Waals surface area contributed by atoms with Gasteiger partial charge >= 0.3 is 5.97 Å². The largest absolute Gasteiger partial charge is 0.469 e. The highest BCUT2D eigenvalue weighted by molar-refractivity contribution is 6.11. The molecule has 0 aromatic carbocycles. The van der Waals surface area contributed by atoms with E-state index in [9.17, 15) is 9.59 Å². The number of esters is 1. The fourth-order valence-electron chi connectivity index (χ4n) is 2.06. The van der Waals surface area contributed by atoms with Gasteiger partial charge in [0.15, 0.2) is 0 Å². The zero-order valence-corrected chi connectivity index (χ0v) is 10.5. The zero-order chi connectivity index (χ0) is 13.1. The molecule has 5 heteroatoms. The smallest absolute Gasteiger partial charge is 0.308 e. The minimum atomic E-state index is -0.675. The third kappa shape index (κ3) is 2.50. The minimum absolute atomic E-state index is 0.00963. The normalized spacial score (nSPS) is 22.9. The number of methoxy groups -OCH3 is 1. The van der Waals surface area contributed by atoms with Gasteiger partial charge < -0.3 is 9.64 Å². The van der Waals surface area contributed by atoms with Crippen molar-refractivity contribution in [1.29, 1.82) is 0 Å². The molecule has 0 N–H and O–H groups in total. The zero-order valence-electron chi connectivity index (χ0n) is 10.5. The molecule has 1 aliphatic carbocycles. The second kappa shape index (κ2) is 5.16. The van der Waals surface area contributed by atoms with Crippen LogP contribution in [0.4, 0.5) is 0 Å². The molecule has 18 heavy (non-hydrogen) atoms. The van der Waals surface area contributed by atoms with Crippen LogP contribution in [0.1, 0.15) is 12.8 Å². The lowest BCUT2D eigenvalue weighted by atomic mass is 10.0. The molecule has 0 saturated carbocycles. The van der Waals surface area contributed by atoms with Gasteiger partial charge in [0.2, 0.25) is 5.91 Å². The molecule has 0 bridgehead atoms. The van der Waals surface area contributed by atoms with Crippen molar-refractivity contribution >= 4 is 17.6 Å². The van der Waals surface area contributed by atoms with E-state index in [1.165, 1.54) is 7.11 Å². The fraction of sp³-hybridized carbons (Fsp3) is 0.462. The van der Waals surface area contributed by atoms with Gasteiger partial charge in [0.05, 0.1) is 19.2 Å². The second-order valence-corrected chi connectivity index (χ2v) is 4.37. The van der Waals surface area contributed by atoms with E-state index >= 15 is 0 Å². The highest BCUT2D eigenvalue weighted by Gasteiger charge is 2.29. The van der Waals surface area contributed by atoms with Crippen LogP contribution in [-0.2, 0) is 14.3 Å². The number of hydrogen-bond donors (Lipinski definition) is 0. The summed E-state index contributed by atoms with van der Waals surface area (Å²) >= 11 is 0. The van der Waals surface area contributed by atoms with Crippen molar-refractivity contribution in [2.75, 3.05) is 20.7 Å². The van der Waals surface area contributed by atoms with Crippen molar-refractivity contribution in [2.45, 2.75) is 18.9 Å². The minimum Gasteiger partial charge on any atom is -0.469 e. The van der Waals surface area contributed by atoms with Gasteiger partial charge in [-0.15, -0.1) is 0 Å². The Labute approximate surface area is 106 Å². The first-order chi connectivity index (χ1) is 8.61. The van der Waals surface area contributed by atoms with Crippen LogP contribution in [0.3, 0.4) is 0 Å². The quantitative estimate of drug-likeness (QED) is 0.676. The highest BCUT2D eigenvalue weighted by Crippen LogP contribution is 2.18. The number of nitrogens with zero attached hydrogens (tertiary/aromatic N) is 2. The van der Waals surface area contributed by atoms with E-state index in [0.717, 1.165) is 17.7 Å². The molecule has 1 atom stereocenters. The lowest BCUT2D eigenvalue weighted by Crippen LogP contribution is -2.36. The Kier molecular flexibility index (Phi) is 3.60. The molecule has 1 unspecified atom stereocenters. The number of carbonyl (C=O) groups is 2. The standard InChI is InChI=1S/C13H16N2O3/c1-15-8-9-5-3-4-6-10(9)14-11(13(15)17)7-12(16)18-2/h4-6,11H,3,7-8H2,1-2H3. The summed E-state index contributed by atoms with van der Waals surface area (Å²) in [5.41, 5.74) is 1.84. The van der Waals surface area contributed by atoms with E-state index in [1.54, 1.807) is 11.9 Å². The molecule has 96 valence electrons. The lowest BCUT2D eigenvalue weighted by molar-refractivity contribution is -0.144. The first-order valence-corrected chi connectivity index (χ1v) is 5.87. The molecule has 0 fully saturated rings. The summed E-state index contributed by atoms with van der Waals surface area (Å²) in [5.74, 6) is -0.560. The number of amides is 1. The number of fused-ring (bicyclic) bond motifs is 1. The predicted octanol–water partition coefficient (Wildman–Crippen LogP) is 0.717. The van der Waals surface area contributed by atoms with Crippen LogP contribution in [0.5, 0.6) is 0 Å². The van der Waals surface area contributed by atoms with Gasteiger partial charge in [0.25, 0.3) is 0 Å². The summed E-state index contributed by atoms with van der Waals surface area (Å²) in [6.45, 7) is 0.541. The lowest BCUT2D eigenvalue weighted by Gasteiger charge is -2.18. The van der Waals surface area contributed by atoms with Gasteiger partial charge in [-0.1, -0.05) is 12.2 Å². The highest BCUT2D eigenvalue weighted by atomic mass is 16.5. The van der Waals surface area contributed by atoms with E-state index < -0.39 is 12.0 Å². The number of hydrogen-bond acceptors (Lipinski definition) is 4. The van der Waals surface area contributed by atoms with Crippen molar-refractivity contribution in [3.05, 3.63) is 23.8 Å². The Hall–Kier alpha value is -1.91. The number of carbonyl (C=O) groups excluding carboxylic acids is 2. The summed E-state index contributed by atoms with van der Waals surface area (Å²) in [6.07, 6.45) is 6.81. The molecule has 0 aromatic heterocycles. The first kappa shape index (κ1) is 12.5. The maximum absolute atomic E-state index is 12.1. The van der Waals surface area contributed by atoms with Gasteiger partial charge in [-0.25, -0.2) is 0 Å². The number of rotatable bonds is 2. The predicted molar refractivity (Wildman–Crippen MR) is 67.3 cm³/mol. The van der Waals surface area contributed by atoms with E-state index in [-0.39, 0.29) is 12.3 Å². The third-order valence-corrected chi connectivity index (χ3v) is 3.06. The fourth-order valence-corrected chi connectivity index (χ4v) is 2.06. The van der Waals surface area contributed by atoms with Crippen LogP contribution >= 0.6 is 0 Å². The van der Waals surface area contributed by atoms with E-state index in [2.05, 4.69) is 15.8 Å². The third-order valence-electron chi connectivity index (χ3n) is 3.06. The van der Waals surface area contributed by atoms with Gasteiger partial charge in [-0.05, 0) is 18.1 Å². The molecule has 0 aromatic rings. The number of aliphatic imine (C=N–C) groups is 1. The summed E-state index contributed by atoms with van der Waals surface area (Å²) < 4.78 is 4.60. The van der Waals surface area contributed by atoms with Crippen LogP contribution in [0, 0.1) is 0 Å². The van der Waals surface area contributed by atoms with Gasteiger partial charge in [-0.3, -0.25) is 14.6 Å². The van der Waals surface area contributed by atoms with Gasteiger partial charge in [0, 0.05) is 13.6 Å². The van der Waals surface area contributed by atoms with Crippen molar-refractivity contribution in [2.24, 2.45) is 4.99 Å². The SMILES string of the molecule is COC(=O)CC1N=C2C=CCC=C2CN(C)C1=O. The van der Waals surface area contributed by atoms with Crippen molar-refractivity contribution in [1.82, 2.24) is 4.90 Å². The molecule has 0 radical (unpaired) electrons. The summed E-state index contributed by atoms with van der Waals surface area (Å²) in [5, 5.41) is 0. The average molecular weight is 248 g/mol. The molecule has 0 spiro atoms. The summed E-state index contributed by atoms with van der Waals surface area (Å²) in [6, 6.07) is -0.675. The molecular weight excluding hydrogens is 232 g/mol. The maximum atomic E-state index is 12.1. The van der Waals surface area contributed by atoms with E-state index in [4.69, 9.17) is 0 Å². The van der Waals surface area contributed by atoms with E-state index in [0.29, 0.717) is 6.54 Å². The Bertz CT molecular complexity index is 463. The molecule has 0 saturated heterocycles.